The van der Waals surface area contributed by atoms with Gasteiger partial charge >= 0.3 is 11.9 Å². The van der Waals surface area contributed by atoms with Gasteiger partial charge in [0, 0.05) is 6.54 Å². The van der Waals surface area contributed by atoms with Crippen molar-refractivity contribution in [3.8, 4) is 5.75 Å². The highest BCUT2D eigenvalue weighted by Crippen LogP contribution is 2.31. The van der Waals surface area contributed by atoms with Gasteiger partial charge in [-0.1, -0.05) is 56.4 Å². The number of amides is 3. The van der Waals surface area contributed by atoms with Gasteiger partial charge in [-0.25, -0.2) is 0 Å². The number of nitrogens with one attached hydrogen (secondary N) is 1. The number of imide groups is 1. The van der Waals surface area contributed by atoms with Crippen molar-refractivity contribution in [1.29, 1.82) is 0 Å². The van der Waals surface area contributed by atoms with Crippen LogP contribution >= 0.6 is 0 Å². The molecule has 2 aromatic carbocycles. The zero-order valence-electron chi connectivity index (χ0n) is 23.8. The molecule has 1 unspecified atom stereocenters. The molecule has 2 aliphatic rings. The van der Waals surface area contributed by atoms with Crippen molar-refractivity contribution in [1.82, 2.24) is 10.2 Å². The SMILES string of the molecule is CCOC(=O)[C@H](CCCCCCCCN1C(=O)c2ccccc2C1=O)NC1COc2ccccc2N(CC(=O)O)C1=O. The summed E-state index contributed by atoms with van der Waals surface area (Å²) in [7, 11) is 0. The molecule has 0 radical (unpaired) electrons. The summed E-state index contributed by atoms with van der Waals surface area (Å²) in [6.45, 7) is 1.70. The number of carbonyl (C=O) groups is 5. The molecular formula is C31H37N3O8. The van der Waals surface area contributed by atoms with Crippen LogP contribution in [0.5, 0.6) is 5.75 Å². The third-order valence-electron chi connectivity index (χ3n) is 7.40. The maximum atomic E-state index is 13.4. The lowest BCUT2D eigenvalue weighted by Gasteiger charge is -2.26. The second-order valence-electron chi connectivity index (χ2n) is 10.3. The van der Waals surface area contributed by atoms with Crippen molar-refractivity contribution in [2.75, 3.05) is 31.2 Å². The summed E-state index contributed by atoms with van der Waals surface area (Å²) < 4.78 is 11.1. The third kappa shape index (κ3) is 7.33. The molecule has 0 aliphatic carbocycles. The number of nitrogens with zero attached hydrogens (tertiary/aromatic N) is 2. The number of carboxylic acid groups (broad SMARTS) is 1. The van der Waals surface area contributed by atoms with Gasteiger partial charge in [0.05, 0.1) is 23.4 Å². The largest absolute Gasteiger partial charge is 0.489 e. The molecule has 11 heteroatoms. The minimum absolute atomic E-state index is 0.0605. The number of fused-ring (bicyclic) bond motifs is 2. The zero-order chi connectivity index (χ0) is 30.1. The topological polar surface area (TPSA) is 143 Å². The van der Waals surface area contributed by atoms with Gasteiger partial charge in [0.2, 0.25) is 5.91 Å². The van der Waals surface area contributed by atoms with E-state index in [1.165, 1.54) is 4.90 Å². The number of hydrogen-bond donors (Lipinski definition) is 2. The van der Waals surface area contributed by atoms with Crippen LogP contribution in [0.15, 0.2) is 48.5 Å². The van der Waals surface area contributed by atoms with E-state index in [4.69, 9.17) is 9.47 Å². The van der Waals surface area contributed by atoms with Crippen molar-refractivity contribution in [3.63, 3.8) is 0 Å². The highest BCUT2D eigenvalue weighted by Gasteiger charge is 2.36. The van der Waals surface area contributed by atoms with Gasteiger partial charge in [0.25, 0.3) is 11.8 Å². The van der Waals surface area contributed by atoms with Gasteiger partial charge < -0.3 is 14.6 Å². The number of carboxylic acids is 1. The van der Waals surface area contributed by atoms with E-state index in [0.717, 1.165) is 37.0 Å². The number of rotatable bonds is 15. The summed E-state index contributed by atoms with van der Waals surface area (Å²) in [5.41, 5.74) is 1.29. The quantitative estimate of drug-likeness (QED) is 0.184. The van der Waals surface area contributed by atoms with Crippen molar-refractivity contribution in [2.24, 2.45) is 0 Å². The molecule has 2 heterocycles. The number of ether oxygens (including phenoxy) is 2. The van der Waals surface area contributed by atoms with E-state index in [-0.39, 0.29) is 25.0 Å². The van der Waals surface area contributed by atoms with Crippen LogP contribution in [0.2, 0.25) is 0 Å². The van der Waals surface area contributed by atoms with Crippen molar-refractivity contribution >= 4 is 35.3 Å². The van der Waals surface area contributed by atoms with Gasteiger partial charge in [-0.05, 0) is 44.0 Å². The van der Waals surface area contributed by atoms with Crippen molar-refractivity contribution < 1.29 is 38.6 Å². The van der Waals surface area contributed by atoms with Crippen molar-refractivity contribution in [3.05, 3.63) is 59.7 Å². The Morgan fingerprint density at radius 3 is 2.21 bits per heavy atom. The molecule has 2 aliphatic heterocycles. The second-order valence-corrected chi connectivity index (χ2v) is 10.3. The van der Waals surface area contributed by atoms with E-state index in [1.54, 1.807) is 55.5 Å². The summed E-state index contributed by atoms with van der Waals surface area (Å²) >= 11 is 0. The van der Waals surface area contributed by atoms with Crippen LogP contribution in [0.3, 0.4) is 0 Å². The number of unbranched alkanes of at least 4 members (excludes halogenated alkanes) is 5. The van der Waals surface area contributed by atoms with Crippen LogP contribution < -0.4 is 15.0 Å². The number of para-hydroxylation sites is 2. The number of esters is 1. The summed E-state index contributed by atoms with van der Waals surface area (Å²) in [5.74, 6) is -2.20. The Morgan fingerprint density at radius 1 is 0.929 bits per heavy atom. The molecule has 2 N–H and O–H groups in total. The standard InChI is InChI=1S/C31H37N3O8/c1-2-41-31(40)23(32-24-20-42-26-17-11-10-16-25(26)34(30(24)39)19-27(35)36)15-7-5-3-4-6-12-18-33-28(37)21-13-8-9-14-22(21)29(33)38/h8-11,13-14,16-17,23-24,32H,2-7,12,15,18-20H2,1H3,(H,35,36)/t23-,24?/m0/s1. The highest BCUT2D eigenvalue weighted by molar-refractivity contribution is 6.21. The first kappa shape index (κ1) is 30.7. The molecule has 0 saturated carbocycles. The predicted molar refractivity (Wildman–Crippen MR) is 153 cm³/mol. The minimum Gasteiger partial charge on any atom is -0.489 e. The van der Waals surface area contributed by atoms with E-state index in [2.05, 4.69) is 5.32 Å². The lowest BCUT2D eigenvalue weighted by atomic mass is 10.0. The number of benzene rings is 2. The van der Waals surface area contributed by atoms with E-state index in [0.29, 0.717) is 42.0 Å². The fraction of sp³-hybridized carbons (Fsp3) is 0.452. The molecular weight excluding hydrogens is 542 g/mol. The summed E-state index contributed by atoms with van der Waals surface area (Å²) in [6, 6.07) is 11.9. The molecule has 0 fully saturated rings. The smallest absolute Gasteiger partial charge is 0.323 e. The van der Waals surface area contributed by atoms with Crippen LogP contribution in [0.1, 0.15) is 72.6 Å². The van der Waals surface area contributed by atoms with E-state index in [9.17, 15) is 29.1 Å². The van der Waals surface area contributed by atoms with Crippen LogP contribution in [0.4, 0.5) is 5.69 Å². The van der Waals surface area contributed by atoms with Gasteiger partial charge in [0.1, 0.15) is 31.0 Å². The fourth-order valence-corrected chi connectivity index (χ4v) is 5.29. The maximum absolute atomic E-state index is 13.4. The molecule has 2 aromatic rings. The Hall–Kier alpha value is -4.25. The molecule has 2 atom stereocenters. The molecule has 42 heavy (non-hydrogen) atoms. The Morgan fingerprint density at radius 2 is 1.55 bits per heavy atom. The molecule has 0 aromatic heterocycles. The summed E-state index contributed by atoms with van der Waals surface area (Å²) in [6.07, 6.45) is 5.39. The van der Waals surface area contributed by atoms with Crippen LogP contribution in [-0.2, 0) is 19.1 Å². The molecule has 0 saturated heterocycles. The van der Waals surface area contributed by atoms with Crippen LogP contribution in [0.25, 0.3) is 0 Å². The average molecular weight is 580 g/mol. The Bertz CT molecular complexity index is 1280. The van der Waals surface area contributed by atoms with Gasteiger partial charge in [-0.15, -0.1) is 0 Å². The molecule has 11 nitrogen and oxygen atoms in total. The molecule has 4 rings (SSSR count). The van der Waals surface area contributed by atoms with Gasteiger partial charge in [-0.3, -0.25) is 39.1 Å². The predicted octanol–water partition coefficient (Wildman–Crippen LogP) is 3.41. The highest BCUT2D eigenvalue weighted by atomic mass is 16.5. The Kier molecular flexibility index (Phi) is 10.7. The molecule has 224 valence electrons. The molecule has 0 bridgehead atoms. The van der Waals surface area contributed by atoms with Crippen molar-refractivity contribution in [2.45, 2.75) is 64.0 Å². The number of carbonyl (C=O) groups excluding carboxylic acids is 4. The normalized spacial score (nSPS) is 16.9. The number of hydrogen-bond acceptors (Lipinski definition) is 8. The van der Waals surface area contributed by atoms with E-state index >= 15 is 0 Å². The monoisotopic (exact) mass is 579 g/mol. The van der Waals surface area contributed by atoms with Crippen LogP contribution in [0, 0.1) is 0 Å². The number of anilines is 1. The first-order valence-electron chi connectivity index (χ1n) is 14.4. The summed E-state index contributed by atoms with van der Waals surface area (Å²) in [4.78, 5) is 65.1. The zero-order valence-corrected chi connectivity index (χ0v) is 23.8. The molecule has 3 amide bonds. The van der Waals surface area contributed by atoms with Gasteiger partial charge in [-0.2, -0.15) is 0 Å². The lowest BCUT2D eigenvalue weighted by Crippen LogP contribution is -2.54. The Balaban J connectivity index is 1.24. The fourth-order valence-electron chi connectivity index (χ4n) is 5.29. The first-order valence-corrected chi connectivity index (χ1v) is 14.4. The van der Waals surface area contributed by atoms with E-state index in [1.807, 2.05) is 0 Å². The lowest BCUT2D eigenvalue weighted by molar-refractivity contribution is -0.146. The first-order chi connectivity index (χ1) is 20.3. The Labute approximate surface area is 244 Å². The summed E-state index contributed by atoms with van der Waals surface area (Å²) in [5, 5.41) is 12.5. The maximum Gasteiger partial charge on any atom is 0.323 e. The second kappa shape index (κ2) is 14.6. The molecule has 0 spiro atoms. The average Bonchev–Trinajstić information content (AvgIpc) is 3.14. The minimum atomic E-state index is -1.16. The van der Waals surface area contributed by atoms with Gasteiger partial charge in [0.15, 0.2) is 0 Å². The third-order valence-corrected chi connectivity index (χ3v) is 7.40. The van der Waals surface area contributed by atoms with E-state index < -0.39 is 36.5 Å². The number of aliphatic carboxylic acids is 1. The van der Waals surface area contributed by atoms with Crippen LogP contribution in [-0.4, -0.2) is 78.1 Å².